The highest BCUT2D eigenvalue weighted by atomic mass is 19.4. The van der Waals surface area contributed by atoms with E-state index in [9.17, 15) is 13.2 Å². The van der Waals surface area contributed by atoms with Crippen molar-refractivity contribution in [1.82, 2.24) is 20.4 Å². The van der Waals surface area contributed by atoms with E-state index in [2.05, 4.69) is 20.7 Å². The van der Waals surface area contributed by atoms with Crippen molar-refractivity contribution in [2.75, 3.05) is 20.1 Å². The van der Waals surface area contributed by atoms with Crippen LogP contribution in [0.2, 0.25) is 0 Å². The molecule has 0 fully saturated rings. The molecule has 5 nitrogen and oxygen atoms in total. The third-order valence-electron chi connectivity index (χ3n) is 3.25. The molecule has 1 aromatic heterocycles. The maximum atomic E-state index is 12.1. The number of aryl methyl sites for hydroxylation is 2. The number of halogens is 3. The molecule has 8 heteroatoms. The Kier molecular flexibility index (Phi) is 6.04. The second-order valence-corrected chi connectivity index (χ2v) is 4.81. The fourth-order valence-electron chi connectivity index (χ4n) is 2.03. The zero-order valence-corrected chi connectivity index (χ0v) is 12.8. The molecule has 0 aromatic carbocycles. The van der Waals surface area contributed by atoms with Crippen LogP contribution in [0.5, 0.6) is 0 Å². The Balaban J connectivity index is 2.39. The van der Waals surface area contributed by atoms with Crippen LogP contribution in [0.25, 0.3) is 0 Å². The van der Waals surface area contributed by atoms with Gasteiger partial charge in [0.25, 0.3) is 0 Å². The van der Waals surface area contributed by atoms with E-state index in [0.717, 1.165) is 23.4 Å². The minimum atomic E-state index is -4.16. The van der Waals surface area contributed by atoms with Gasteiger partial charge in [0.15, 0.2) is 5.96 Å². The van der Waals surface area contributed by atoms with Crippen molar-refractivity contribution in [2.45, 2.75) is 32.9 Å². The molecule has 0 radical (unpaired) electrons. The quantitative estimate of drug-likeness (QED) is 0.643. The molecule has 0 saturated heterocycles. The second-order valence-electron chi connectivity index (χ2n) is 4.81. The van der Waals surface area contributed by atoms with E-state index in [1.807, 2.05) is 25.6 Å². The summed E-state index contributed by atoms with van der Waals surface area (Å²) < 4.78 is 38.0. The molecular formula is C13H22F3N5. The number of nitrogens with zero attached hydrogens (tertiary/aromatic N) is 3. The average molecular weight is 305 g/mol. The van der Waals surface area contributed by atoms with E-state index < -0.39 is 12.6 Å². The fourth-order valence-corrected chi connectivity index (χ4v) is 2.03. The largest absolute Gasteiger partial charge is 0.390 e. The van der Waals surface area contributed by atoms with Crippen molar-refractivity contribution in [1.29, 1.82) is 0 Å². The molecule has 0 saturated carbocycles. The molecule has 0 aliphatic carbocycles. The number of guanidine groups is 1. The number of rotatable bonds is 5. The first-order valence-electron chi connectivity index (χ1n) is 6.75. The number of hydrogen-bond donors (Lipinski definition) is 2. The number of alkyl halides is 3. The molecule has 1 heterocycles. The summed E-state index contributed by atoms with van der Waals surface area (Å²) in [5.74, 6) is 0.374. The van der Waals surface area contributed by atoms with Gasteiger partial charge in [-0.25, -0.2) is 0 Å². The van der Waals surface area contributed by atoms with Gasteiger partial charge in [0.1, 0.15) is 0 Å². The van der Waals surface area contributed by atoms with Gasteiger partial charge in [0.05, 0.1) is 12.1 Å². The van der Waals surface area contributed by atoms with E-state index in [4.69, 9.17) is 0 Å². The van der Waals surface area contributed by atoms with E-state index in [0.29, 0.717) is 12.5 Å². The first kappa shape index (κ1) is 17.3. The smallest absolute Gasteiger partial charge is 0.356 e. The summed E-state index contributed by atoms with van der Waals surface area (Å²) in [6, 6.07) is 0. The predicted molar refractivity (Wildman–Crippen MR) is 76.4 cm³/mol. The summed E-state index contributed by atoms with van der Waals surface area (Å²) in [5, 5.41) is 9.97. The Morgan fingerprint density at radius 1 is 1.24 bits per heavy atom. The molecule has 0 bridgehead atoms. The van der Waals surface area contributed by atoms with E-state index in [1.165, 1.54) is 7.05 Å². The van der Waals surface area contributed by atoms with E-state index in [-0.39, 0.29) is 6.54 Å². The standard InChI is InChI=1S/C13H22F3N5/c1-9-11(10(2)21(4)20-9)5-7-18-12(17-3)19-8-6-13(14,15)16/h5-8H2,1-4H3,(H2,17,18,19). The molecule has 1 rings (SSSR count). The van der Waals surface area contributed by atoms with Crippen LogP contribution in [0.4, 0.5) is 13.2 Å². The molecule has 2 N–H and O–H groups in total. The second kappa shape index (κ2) is 7.33. The maximum Gasteiger partial charge on any atom is 0.390 e. The van der Waals surface area contributed by atoms with Gasteiger partial charge in [-0.15, -0.1) is 0 Å². The van der Waals surface area contributed by atoms with Gasteiger partial charge in [-0.3, -0.25) is 9.67 Å². The Bertz CT molecular complexity index is 491. The van der Waals surface area contributed by atoms with Crippen molar-refractivity contribution >= 4 is 5.96 Å². The van der Waals surface area contributed by atoms with Gasteiger partial charge in [0, 0.05) is 32.9 Å². The van der Waals surface area contributed by atoms with Gasteiger partial charge in [-0.1, -0.05) is 0 Å². The van der Waals surface area contributed by atoms with E-state index in [1.54, 1.807) is 0 Å². The monoisotopic (exact) mass is 305 g/mol. The minimum absolute atomic E-state index is 0.186. The van der Waals surface area contributed by atoms with E-state index >= 15 is 0 Å². The van der Waals surface area contributed by atoms with Crippen molar-refractivity contribution in [2.24, 2.45) is 12.0 Å². The number of nitrogens with one attached hydrogen (secondary N) is 2. The van der Waals surface area contributed by atoms with Crippen molar-refractivity contribution in [3.63, 3.8) is 0 Å². The van der Waals surface area contributed by atoms with Gasteiger partial charge >= 0.3 is 6.18 Å². The molecular weight excluding hydrogens is 283 g/mol. The first-order valence-corrected chi connectivity index (χ1v) is 6.75. The molecule has 0 unspecified atom stereocenters. The lowest BCUT2D eigenvalue weighted by molar-refractivity contribution is -0.132. The highest BCUT2D eigenvalue weighted by Gasteiger charge is 2.26. The summed E-state index contributed by atoms with van der Waals surface area (Å²) in [6.07, 6.45) is -4.30. The Morgan fingerprint density at radius 2 is 1.86 bits per heavy atom. The van der Waals surface area contributed by atoms with Crippen molar-refractivity contribution < 1.29 is 13.2 Å². The van der Waals surface area contributed by atoms with Crippen LogP contribution in [0.15, 0.2) is 4.99 Å². The molecule has 21 heavy (non-hydrogen) atoms. The van der Waals surface area contributed by atoms with Crippen LogP contribution >= 0.6 is 0 Å². The van der Waals surface area contributed by atoms with Gasteiger partial charge in [-0.2, -0.15) is 18.3 Å². The first-order chi connectivity index (χ1) is 9.74. The number of aliphatic imine (C=N–C) groups is 1. The van der Waals surface area contributed by atoms with Crippen LogP contribution < -0.4 is 10.6 Å². The van der Waals surface area contributed by atoms with Gasteiger partial charge < -0.3 is 10.6 Å². The molecule has 0 aliphatic rings. The molecule has 120 valence electrons. The average Bonchev–Trinajstić information content (AvgIpc) is 2.61. The lowest BCUT2D eigenvalue weighted by Gasteiger charge is -2.13. The lowest BCUT2D eigenvalue weighted by Crippen LogP contribution is -2.39. The van der Waals surface area contributed by atoms with Crippen molar-refractivity contribution in [3.8, 4) is 0 Å². The van der Waals surface area contributed by atoms with Crippen LogP contribution in [-0.2, 0) is 13.5 Å². The predicted octanol–water partition coefficient (Wildman–Crippen LogP) is 1.70. The van der Waals surface area contributed by atoms with Crippen LogP contribution in [0.1, 0.15) is 23.4 Å². The summed E-state index contributed by atoms with van der Waals surface area (Å²) >= 11 is 0. The number of hydrogen-bond acceptors (Lipinski definition) is 2. The summed E-state index contributed by atoms with van der Waals surface area (Å²) in [7, 11) is 3.42. The van der Waals surface area contributed by atoms with Crippen LogP contribution in [-0.4, -0.2) is 42.1 Å². The van der Waals surface area contributed by atoms with Crippen molar-refractivity contribution in [3.05, 3.63) is 17.0 Å². The Morgan fingerprint density at radius 3 is 2.33 bits per heavy atom. The zero-order chi connectivity index (χ0) is 16.0. The summed E-state index contributed by atoms with van der Waals surface area (Å²) in [4.78, 5) is 3.90. The Hall–Kier alpha value is -1.73. The van der Waals surface area contributed by atoms with Gasteiger partial charge in [-0.05, 0) is 25.8 Å². The number of aromatic nitrogens is 2. The Labute approximate surface area is 122 Å². The highest BCUT2D eigenvalue weighted by Crippen LogP contribution is 2.18. The normalized spacial score (nSPS) is 12.6. The SMILES string of the molecule is CN=C(NCCc1c(C)nn(C)c1C)NCCC(F)(F)F. The molecule has 0 atom stereocenters. The van der Waals surface area contributed by atoms with Gasteiger partial charge in [0.2, 0.25) is 0 Å². The highest BCUT2D eigenvalue weighted by molar-refractivity contribution is 5.79. The lowest BCUT2D eigenvalue weighted by atomic mass is 10.1. The maximum absolute atomic E-state index is 12.1. The third kappa shape index (κ3) is 5.65. The molecule has 0 spiro atoms. The fraction of sp³-hybridized carbons (Fsp3) is 0.692. The van der Waals surface area contributed by atoms with Crippen LogP contribution in [0, 0.1) is 13.8 Å². The topological polar surface area (TPSA) is 54.2 Å². The molecule has 0 amide bonds. The van der Waals surface area contributed by atoms with Crippen LogP contribution in [0.3, 0.4) is 0 Å². The minimum Gasteiger partial charge on any atom is -0.356 e. The molecule has 1 aromatic rings. The summed E-state index contributed by atoms with van der Waals surface area (Å²) in [6.45, 7) is 4.33. The summed E-state index contributed by atoms with van der Waals surface area (Å²) in [5.41, 5.74) is 3.21. The zero-order valence-electron chi connectivity index (χ0n) is 12.8. The third-order valence-corrected chi connectivity index (χ3v) is 3.25. The molecule has 0 aliphatic heterocycles.